The van der Waals surface area contributed by atoms with Crippen molar-refractivity contribution >= 4 is 0 Å². The molecule has 0 aliphatic rings. The highest BCUT2D eigenvalue weighted by atomic mass is 16.5. The second-order valence-corrected chi connectivity index (χ2v) is 4.36. The number of aryl methyl sites for hydroxylation is 2. The molecule has 0 radical (unpaired) electrons. The number of rotatable bonds is 8. The maximum atomic E-state index is 12.1. The molecular formula is C13H23N3O2. The Morgan fingerprint density at radius 3 is 2.94 bits per heavy atom. The first-order valence-corrected chi connectivity index (χ1v) is 6.46. The molecule has 1 aromatic rings. The minimum Gasteiger partial charge on any atom is -0.383 e. The Hall–Kier alpha value is -1.20. The first-order chi connectivity index (χ1) is 8.69. The zero-order chi connectivity index (χ0) is 13.4. The third-order valence-electron chi connectivity index (χ3n) is 2.69. The van der Waals surface area contributed by atoms with E-state index in [9.17, 15) is 4.79 Å². The molecule has 0 bridgehead atoms. The number of methoxy groups -OCH3 is 1. The molecule has 5 nitrogen and oxygen atoms in total. The van der Waals surface area contributed by atoms with Crippen LogP contribution in [0.1, 0.15) is 31.0 Å². The van der Waals surface area contributed by atoms with Crippen molar-refractivity contribution in [1.82, 2.24) is 15.1 Å². The monoisotopic (exact) mass is 253 g/mol. The lowest BCUT2D eigenvalue weighted by atomic mass is 10.2. The molecule has 1 rings (SSSR count). The average Bonchev–Trinajstić information content (AvgIpc) is 2.36. The minimum absolute atomic E-state index is 0.0129. The highest BCUT2D eigenvalue weighted by molar-refractivity contribution is 5.12. The van der Waals surface area contributed by atoms with Crippen molar-refractivity contribution in [2.75, 3.05) is 20.3 Å². The van der Waals surface area contributed by atoms with E-state index in [4.69, 9.17) is 4.74 Å². The average molecular weight is 253 g/mol. The van der Waals surface area contributed by atoms with Crippen LogP contribution in [0.4, 0.5) is 0 Å². The summed E-state index contributed by atoms with van der Waals surface area (Å²) in [6.07, 6.45) is 2.04. The van der Waals surface area contributed by atoms with Gasteiger partial charge in [-0.15, -0.1) is 0 Å². The molecule has 0 saturated heterocycles. The SMILES string of the molecule is CCCCn1nc(C)cc(CNCCOC)c1=O. The summed E-state index contributed by atoms with van der Waals surface area (Å²) < 4.78 is 6.53. The third-order valence-corrected chi connectivity index (χ3v) is 2.69. The van der Waals surface area contributed by atoms with Crippen LogP contribution in [0.15, 0.2) is 10.9 Å². The maximum Gasteiger partial charge on any atom is 0.271 e. The molecule has 5 heteroatoms. The quantitative estimate of drug-likeness (QED) is 0.705. The van der Waals surface area contributed by atoms with Gasteiger partial charge in [0.1, 0.15) is 0 Å². The van der Waals surface area contributed by atoms with Crippen LogP contribution >= 0.6 is 0 Å². The van der Waals surface area contributed by atoms with Crippen molar-refractivity contribution in [1.29, 1.82) is 0 Å². The van der Waals surface area contributed by atoms with Crippen LogP contribution in [0, 0.1) is 6.92 Å². The summed E-state index contributed by atoms with van der Waals surface area (Å²) in [7, 11) is 1.66. The summed E-state index contributed by atoms with van der Waals surface area (Å²) in [6.45, 7) is 6.68. The number of hydrogen-bond acceptors (Lipinski definition) is 4. The number of ether oxygens (including phenoxy) is 1. The standard InChI is InChI=1S/C13H23N3O2/c1-4-5-7-16-13(17)12(9-11(2)15-16)10-14-6-8-18-3/h9,14H,4-8,10H2,1-3H3. The predicted molar refractivity (Wildman–Crippen MR) is 71.7 cm³/mol. The van der Waals surface area contributed by atoms with Gasteiger partial charge in [0.15, 0.2) is 0 Å². The van der Waals surface area contributed by atoms with Gasteiger partial charge in [0.25, 0.3) is 5.56 Å². The van der Waals surface area contributed by atoms with Gasteiger partial charge in [0, 0.05) is 32.3 Å². The fraction of sp³-hybridized carbons (Fsp3) is 0.692. The fourth-order valence-corrected chi connectivity index (χ4v) is 1.73. The van der Waals surface area contributed by atoms with E-state index in [-0.39, 0.29) is 5.56 Å². The lowest BCUT2D eigenvalue weighted by Gasteiger charge is -2.09. The summed E-state index contributed by atoms with van der Waals surface area (Å²) in [4.78, 5) is 12.1. The summed E-state index contributed by atoms with van der Waals surface area (Å²) in [5, 5.41) is 7.45. The van der Waals surface area contributed by atoms with Gasteiger partial charge in [-0.3, -0.25) is 4.79 Å². The molecular weight excluding hydrogens is 230 g/mol. The Labute approximate surface area is 108 Å². The van der Waals surface area contributed by atoms with Crippen LogP contribution in [-0.2, 0) is 17.8 Å². The van der Waals surface area contributed by atoms with E-state index in [1.807, 2.05) is 13.0 Å². The molecule has 0 aliphatic heterocycles. The van der Waals surface area contributed by atoms with Gasteiger partial charge in [-0.1, -0.05) is 13.3 Å². The van der Waals surface area contributed by atoms with Gasteiger partial charge in [-0.05, 0) is 19.4 Å². The molecule has 0 aromatic carbocycles. The van der Waals surface area contributed by atoms with Crippen molar-refractivity contribution in [2.24, 2.45) is 0 Å². The van der Waals surface area contributed by atoms with Crippen molar-refractivity contribution in [3.63, 3.8) is 0 Å². The number of unbranched alkanes of at least 4 members (excludes halogenated alkanes) is 1. The molecule has 0 spiro atoms. The molecule has 18 heavy (non-hydrogen) atoms. The van der Waals surface area contributed by atoms with Gasteiger partial charge in [-0.25, -0.2) is 4.68 Å². The first kappa shape index (κ1) is 14.9. The van der Waals surface area contributed by atoms with E-state index < -0.39 is 0 Å². The zero-order valence-electron chi connectivity index (χ0n) is 11.5. The highest BCUT2D eigenvalue weighted by Gasteiger charge is 2.05. The van der Waals surface area contributed by atoms with E-state index in [2.05, 4.69) is 17.3 Å². The maximum absolute atomic E-state index is 12.1. The number of nitrogens with zero attached hydrogens (tertiary/aromatic N) is 2. The highest BCUT2D eigenvalue weighted by Crippen LogP contribution is 1.97. The molecule has 1 aromatic heterocycles. The molecule has 0 unspecified atom stereocenters. The normalized spacial score (nSPS) is 10.8. The van der Waals surface area contributed by atoms with E-state index in [0.29, 0.717) is 19.7 Å². The van der Waals surface area contributed by atoms with Crippen molar-refractivity contribution in [2.45, 2.75) is 39.8 Å². The molecule has 0 amide bonds. The van der Waals surface area contributed by atoms with Gasteiger partial charge < -0.3 is 10.1 Å². The summed E-state index contributed by atoms with van der Waals surface area (Å²) in [5.74, 6) is 0. The molecule has 1 heterocycles. The number of nitrogens with one attached hydrogen (secondary N) is 1. The second kappa shape index (κ2) is 8.00. The van der Waals surface area contributed by atoms with Crippen molar-refractivity contribution in [3.8, 4) is 0 Å². The Bertz CT molecular complexity index is 415. The molecule has 0 atom stereocenters. The van der Waals surface area contributed by atoms with Crippen LogP contribution in [0.3, 0.4) is 0 Å². The van der Waals surface area contributed by atoms with Gasteiger partial charge in [-0.2, -0.15) is 5.10 Å². The second-order valence-electron chi connectivity index (χ2n) is 4.36. The number of aromatic nitrogens is 2. The van der Waals surface area contributed by atoms with Crippen LogP contribution in [0.2, 0.25) is 0 Å². The fourth-order valence-electron chi connectivity index (χ4n) is 1.73. The van der Waals surface area contributed by atoms with Crippen LogP contribution in [0.5, 0.6) is 0 Å². The van der Waals surface area contributed by atoms with Crippen molar-refractivity contribution < 1.29 is 4.74 Å². The van der Waals surface area contributed by atoms with Crippen LogP contribution in [-0.4, -0.2) is 30.0 Å². The zero-order valence-corrected chi connectivity index (χ0v) is 11.5. The smallest absolute Gasteiger partial charge is 0.271 e. The molecule has 0 saturated carbocycles. The van der Waals surface area contributed by atoms with E-state index >= 15 is 0 Å². The van der Waals surface area contributed by atoms with Gasteiger partial charge >= 0.3 is 0 Å². The Morgan fingerprint density at radius 2 is 2.28 bits per heavy atom. The third kappa shape index (κ3) is 4.58. The Balaban J connectivity index is 2.71. The predicted octanol–water partition coefficient (Wildman–Crippen LogP) is 1.09. The minimum atomic E-state index is 0.0129. The topological polar surface area (TPSA) is 56.1 Å². The Kier molecular flexibility index (Phi) is 6.60. The van der Waals surface area contributed by atoms with E-state index in [1.165, 1.54) is 0 Å². The summed E-state index contributed by atoms with van der Waals surface area (Å²) in [6, 6.07) is 1.85. The van der Waals surface area contributed by atoms with Crippen molar-refractivity contribution in [3.05, 3.63) is 27.7 Å². The van der Waals surface area contributed by atoms with Crippen LogP contribution < -0.4 is 10.9 Å². The summed E-state index contributed by atoms with van der Waals surface area (Å²) >= 11 is 0. The van der Waals surface area contributed by atoms with Gasteiger partial charge in [0.2, 0.25) is 0 Å². The largest absolute Gasteiger partial charge is 0.383 e. The molecule has 0 fully saturated rings. The van der Waals surface area contributed by atoms with E-state index in [1.54, 1.807) is 11.8 Å². The summed E-state index contributed by atoms with van der Waals surface area (Å²) in [5.41, 5.74) is 1.67. The lowest BCUT2D eigenvalue weighted by molar-refractivity contribution is 0.199. The molecule has 102 valence electrons. The molecule has 0 aliphatic carbocycles. The Morgan fingerprint density at radius 1 is 1.50 bits per heavy atom. The first-order valence-electron chi connectivity index (χ1n) is 6.46. The van der Waals surface area contributed by atoms with E-state index in [0.717, 1.165) is 30.6 Å². The number of hydrogen-bond donors (Lipinski definition) is 1. The lowest BCUT2D eigenvalue weighted by Crippen LogP contribution is -2.30. The molecule has 1 N–H and O–H groups in total. The van der Waals surface area contributed by atoms with Crippen LogP contribution in [0.25, 0.3) is 0 Å². The van der Waals surface area contributed by atoms with Gasteiger partial charge in [0.05, 0.1) is 12.3 Å².